The maximum absolute atomic E-state index is 5.57. The Labute approximate surface area is 71.1 Å². The molecule has 60 valence electrons. The molecular formula is C6H11Cl2NO. The number of nitrogens with one attached hydrogen (secondary N) is 1. The number of hydrogen-bond donors (Lipinski definition) is 1. The summed E-state index contributed by atoms with van der Waals surface area (Å²) >= 11 is 10.9. The monoisotopic (exact) mass is 183 g/mol. The Morgan fingerprint density at radius 3 is 2.90 bits per heavy atom. The molecule has 4 heteroatoms. The van der Waals surface area contributed by atoms with Crippen molar-refractivity contribution in [1.29, 1.82) is 0 Å². The molecule has 0 aliphatic carbocycles. The van der Waals surface area contributed by atoms with E-state index in [1.165, 1.54) is 5.54 Å². The van der Waals surface area contributed by atoms with Crippen LogP contribution in [-0.2, 0) is 4.74 Å². The van der Waals surface area contributed by atoms with Crippen molar-refractivity contribution in [2.75, 3.05) is 26.8 Å². The maximum atomic E-state index is 5.57. The first-order valence-electron chi connectivity index (χ1n) is 2.95. The predicted molar refractivity (Wildman–Crippen MR) is 44.5 cm³/mol. The van der Waals surface area contributed by atoms with Crippen molar-refractivity contribution >= 4 is 23.2 Å². The lowest BCUT2D eigenvalue weighted by Gasteiger charge is -2.00. The molecule has 0 fully saturated rings. The normalized spacial score (nSPS) is 12.1. The van der Waals surface area contributed by atoms with Crippen molar-refractivity contribution in [3.8, 4) is 0 Å². The summed E-state index contributed by atoms with van der Waals surface area (Å²) in [6, 6.07) is 0. The Morgan fingerprint density at radius 1 is 1.70 bits per heavy atom. The minimum atomic E-state index is 0.606. The van der Waals surface area contributed by atoms with Gasteiger partial charge in [-0.15, -0.1) is 0 Å². The van der Waals surface area contributed by atoms with Crippen molar-refractivity contribution in [3.05, 3.63) is 10.6 Å². The van der Waals surface area contributed by atoms with Gasteiger partial charge in [0.2, 0.25) is 0 Å². The molecule has 0 spiro atoms. The van der Waals surface area contributed by atoms with Crippen molar-refractivity contribution in [3.63, 3.8) is 0 Å². The molecular weight excluding hydrogens is 173 g/mol. The highest BCUT2D eigenvalue weighted by Crippen LogP contribution is 1.99. The number of methoxy groups -OCH3 is 1. The van der Waals surface area contributed by atoms with E-state index < -0.39 is 0 Å². The Morgan fingerprint density at radius 2 is 2.40 bits per heavy atom. The fraction of sp³-hybridized carbons (Fsp3) is 0.667. The molecule has 0 aliphatic rings. The fourth-order valence-corrected chi connectivity index (χ4v) is 0.592. The highest BCUT2D eigenvalue weighted by atomic mass is 35.5. The molecule has 0 rings (SSSR count). The van der Waals surface area contributed by atoms with Gasteiger partial charge >= 0.3 is 0 Å². The summed E-state index contributed by atoms with van der Waals surface area (Å²) in [5, 5.41) is 3.64. The van der Waals surface area contributed by atoms with Crippen LogP contribution < -0.4 is 5.32 Å². The van der Waals surface area contributed by atoms with Gasteiger partial charge in [0.25, 0.3) is 0 Å². The Kier molecular flexibility index (Phi) is 7.52. The van der Waals surface area contributed by atoms with Gasteiger partial charge in [0.05, 0.1) is 6.61 Å². The second kappa shape index (κ2) is 7.35. The highest BCUT2D eigenvalue weighted by molar-refractivity contribution is 6.36. The molecule has 0 bridgehead atoms. The number of halogens is 2. The van der Waals surface area contributed by atoms with Crippen molar-refractivity contribution in [2.45, 2.75) is 0 Å². The van der Waals surface area contributed by atoms with E-state index in [-0.39, 0.29) is 0 Å². The molecule has 0 atom stereocenters. The molecule has 0 saturated carbocycles. The van der Waals surface area contributed by atoms with Crippen LogP contribution >= 0.6 is 23.2 Å². The molecule has 0 saturated heterocycles. The van der Waals surface area contributed by atoms with Gasteiger partial charge in [-0.05, 0) is 0 Å². The van der Waals surface area contributed by atoms with E-state index in [4.69, 9.17) is 27.9 Å². The van der Waals surface area contributed by atoms with Crippen LogP contribution in [0.4, 0.5) is 0 Å². The van der Waals surface area contributed by atoms with E-state index in [1.54, 1.807) is 7.11 Å². The van der Waals surface area contributed by atoms with Gasteiger partial charge in [-0.1, -0.05) is 23.2 Å². The van der Waals surface area contributed by atoms with Gasteiger partial charge in [0, 0.05) is 30.8 Å². The molecule has 0 unspecified atom stereocenters. The third-order valence-electron chi connectivity index (χ3n) is 0.895. The standard InChI is InChI=1S/C6H11Cl2NO/c1-10-3-2-9-5-6(8)4-7/h4,9H,2-3,5H2,1H3. The Hall–Kier alpha value is 0.240. The van der Waals surface area contributed by atoms with Crippen LogP contribution in [0, 0.1) is 0 Å². The van der Waals surface area contributed by atoms with E-state index >= 15 is 0 Å². The predicted octanol–water partition coefficient (Wildman–Crippen LogP) is 1.54. The Bertz CT molecular complexity index is 106. The van der Waals surface area contributed by atoms with E-state index in [9.17, 15) is 0 Å². The zero-order valence-electron chi connectivity index (χ0n) is 5.86. The first-order chi connectivity index (χ1) is 4.81. The summed E-state index contributed by atoms with van der Waals surface area (Å²) in [4.78, 5) is 0. The molecule has 0 radical (unpaired) electrons. The highest BCUT2D eigenvalue weighted by Gasteiger charge is 1.89. The number of hydrogen-bond acceptors (Lipinski definition) is 2. The molecule has 0 aliphatic heterocycles. The van der Waals surface area contributed by atoms with E-state index in [0.29, 0.717) is 18.2 Å². The molecule has 1 N–H and O–H groups in total. The van der Waals surface area contributed by atoms with Crippen LogP contribution in [0.2, 0.25) is 0 Å². The van der Waals surface area contributed by atoms with Crippen LogP contribution in [-0.4, -0.2) is 26.8 Å². The molecule has 0 heterocycles. The molecule has 10 heavy (non-hydrogen) atoms. The van der Waals surface area contributed by atoms with Crippen LogP contribution in [0.3, 0.4) is 0 Å². The van der Waals surface area contributed by atoms with E-state index in [0.717, 1.165) is 6.54 Å². The summed E-state index contributed by atoms with van der Waals surface area (Å²) < 4.78 is 4.80. The Balaban J connectivity index is 3.04. The SMILES string of the molecule is COCCNCC(Cl)=CCl. The zero-order valence-corrected chi connectivity index (χ0v) is 7.37. The quantitative estimate of drug-likeness (QED) is 0.654. The lowest BCUT2D eigenvalue weighted by atomic mass is 10.6. The summed E-state index contributed by atoms with van der Waals surface area (Å²) in [6.07, 6.45) is 0. The summed E-state index contributed by atoms with van der Waals surface area (Å²) in [7, 11) is 1.65. The van der Waals surface area contributed by atoms with Gasteiger partial charge < -0.3 is 10.1 Å². The first-order valence-corrected chi connectivity index (χ1v) is 3.77. The van der Waals surface area contributed by atoms with Crippen LogP contribution in [0.5, 0.6) is 0 Å². The summed E-state index contributed by atoms with van der Waals surface area (Å²) in [6.45, 7) is 2.08. The number of rotatable bonds is 5. The summed E-state index contributed by atoms with van der Waals surface area (Å²) in [5.74, 6) is 0. The van der Waals surface area contributed by atoms with Gasteiger partial charge in [-0.3, -0.25) is 0 Å². The lowest BCUT2D eigenvalue weighted by molar-refractivity contribution is 0.200. The van der Waals surface area contributed by atoms with Gasteiger partial charge in [-0.2, -0.15) is 0 Å². The molecule has 0 aromatic heterocycles. The molecule has 0 aromatic carbocycles. The van der Waals surface area contributed by atoms with E-state index in [1.807, 2.05) is 0 Å². The minimum Gasteiger partial charge on any atom is -0.383 e. The maximum Gasteiger partial charge on any atom is 0.0587 e. The minimum absolute atomic E-state index is 0.606. The third-order valence-corrected chi connectivity index (χ3v) is 1.51. The second-order valence-corrected chi connectivity index (χ2v) is 2.43. The molecule has 0 amide bonds. The molecule has 0 aromatic rings. The third kappa shape index (κ3) is 6.36. The lowest BCUT2D eigenvalue weighted by Crippen LogP contribution is -2.20. The topological polar surface area (TPSA) is 21.3 Å². The van der Waals surface area contributed by atoms with Gasteiger partial charge in [0.1, 0.15) is 0 Å². The van der Waals surface area contributed by atoms with Crippen molar-refractivity contribution < 1.29 is 4.74 Å². The van der Waals surface area contributed by atoms with Crippen LogP contribution in [0.25, 0.3) is 0 Å². The van der Waals surface area contributed by atoms with Crippen molar-refractivity contribution in [1.82, 2.24) is 5.32 Å². The van der Waals surface area contributed by atoms with Crippen molar-refractivity contribution in [2.24, 2.45) is 0 Å². The average Bonchev–Trinajstić information content (AvgIpc) is 1.98. The number of ether oxygens (including phenoxy) is 1. The average molecular weight is 184 g/mol. The van der Waals surface area contributed by atoms with Gasteiger partial charge in [-0.25, -0.2) is 0 Å². The van der Waals surface area contributed by atoms with E-state index in [2.05, 4.69) is 5.32 Å². The van der Waals surface area contributed by atoms with Crippen LogP contribution in [0.1, 0.15) is 0 Å². The summed E-state index contributed by atoms with van der Waals surface area (Å²) in [5.41, 5.74) is 1.35. The first kappa shape index (κ1) is 10.2. The second-order valence-electron chi connectivity index (χ2n) is 1.73. The molecule has 2 nitrogen and oxygen atoms in total. The fourth-order valence-electron chi connectivity index (χ4n) is 0.421. The van der Waals surface area contributed by atoms with Gasteiger partial charge in [0.15, 0.2) is 0 Å². The van der Waals surface area contributed by atoms with Crippen LogP contribution in [0.15, 0.2) is 10.6 Å². The zero-order chi connectivity index (χ0) is 7.82. The smallest absolute Gasteiger partial charge is 0.0587 e. The largest absolute Gasteiger partial charge is 0.383 e.